The zero-order valence-corrected chi connectivity index (χ0v) is 18.1. The summed E-state index contributed by atoms with van der Waals surface area (Å²) in [5, 5.41) is 11.6. The molecule has 3 rings (SSSR count). The van der Waals surface area contributed by atoms with Crippen LogP contribution in [0, 0.1) is 10.1 Å². The zero-order chi connectivity index (χ0) is 24.0. The lowest BCUT2D eigenvalue weighted by Gasteiger charge is -2.47. The van der Waals surface area contributed by atoms with Crippen LogP contribution in [0.25, 0.3) is 0 Å². The molecule has 2 aromatic rings. The highest BCUT2D eigenvalue weighted by molar-refractivity contribution is 5.69. The van der Waals surface area contributed by atoms with Crippen molar-refractivity contribution in [2.75, 3.05) is 23.7 Å². The standard InChI is InChI=1S/C20H25F3N6O3/c1-11-10-28(18-16(29(31)32)17(24)26(4)19(30)25-18)12(2)9-27(11)13(3)14-5-7-15(8-6-14)20(21,22)23/h5-8,11-13H,9-10,24H2,1-4H3/t11-,12+,13?/m1/s1. The Morgan fingerprint density at radius 2 is 1.78 bits per heavy atom. The minimum atomic E-state index is -4.40. The summed E-state index contributed by atoms with van der Waals surface area (Å²) in [7, 11) is 1.32. The summed E-state index contributed by atoms with van der Waals surface area (Å²) >= 11 is 0. The average Bonchev–Trinajstić information content (AvgIpc) is 2.71. The maximum absolute atomic E-state index is 12.9. The Morgan fingerprint density at radius 1 is 1.19 bits per heavy atom. The molecule has 0 amide bonds. The number of anilines is 2. The summed E-state index contributed by atoms with van der Waals surface area (Å²) in [4.78, 5) is 30.9. The number of alkyl halides is 3. The molecule has 0 radical (unpaired) electrons. The topological polar surface area (TPSA) is 111 Å². The van der Waals surface area contributed by atoms with Crippen molar-refractivity contribution < 1.29 is 18.1 Å². The Labute approximate surface area is 182 Å². The van der Waals surface area contributed by atoms with E-state index in [-0.39, 0.29) is 29.8 Å². The number of hydrogen-bond donors (Lipinski definition) is 1. The van der Waals surface area contributed by atoms with Crippen LogP contribution >= 0.6 is 0 Å². The number of nitro groups is 1. The van der Waals surface area contributed by atoms with E-state index < -0.39 is 28.0 Å². The molecule has 2 heterocycles. The van der Waals surface area contributed by atoms with Gasteiger partial charge in [0.05, 0.1) is 10.5 Å². The van der Waals surface area contributed by atoms with Crippen LogP contribution in [0.3, 0.4) is 0 Å². The van der Waals surface area contributed by atoms with E-state index >= 15 is 0 Å². The van der Waals surface area contributed by atoms with Gasteiger partial charge in [0, 0.05) is 38.3 Å². The molecule has 1 fully saturated rings. The van der Waals surface area contributed by atoms with Crippen molar-refractivity contribution in [1.29, 1.82) is 0 Å². The van der Waals surface area contributed by atoms with Gasteiger partial charge in [-0.15, -0.1) is 0 Å². The SMILES string of the molecule is CC(c1ccc(C(F)(F)F)cc1)N1C[C@H](C)N(c2nc(=O)n(C)c(N)c2[N+](=O)[O-])C[C@H]1C. The second kappa shape index (κ2) is 8.41. The van der Waals surface area contributed by atoms with Crippen molar-refractivity contribution in [3.05, 3.63) is 56.0 Å². The van der Waals surface area contributed by atoms with Crippen molar-refractivity contribution >= 4 is 17.3 Å². The second-order valence-corrected chi connectivity index (χ2v) is 8.11. The van der Waals surface area contributed by atoms with E-state index in [0.29, 0.717) is 13.1 Å². The molecule has 1 aliphatic heterocycles. The zero-order valence-electron chi connectivity index (χ0n) is 18.1. The summed E-state index contributed by atoms with van der Waals surface area (Å²) in [5.41, 5.74) is 4.74. The molecule has 32 heavy (non-hydrogen) atoms. The number of aromatic nitrogens is 2. The lowest BCUT2D eigenvalue weighted by atomic mass is 9.99. The van der Waals surface area contributed by atoms with E-state index in [2.05, 4.69) is 9.88 Å². The third kappa shape index (κ3) is 4.27. The predicted octanol–water partition coefficient (Wildman–Crippen LogP) is 2.95. The predicted molar refractivity (Wildman–Crippen MR) is 113 cm³/mol. The lowest BCUT2D eigenvalue weighted by molar-refractivity contribution is -0.383. The Hall–Kier alpha value is -3.15. The molecule has 0 saturated carbocycles. The van der Waals surface area contributed by atoms with Gasteiger partial charge in [-0.25, -0.2) is 4.79 Å². The number of nitrogen functional groups attached to an aromatic ring is 1. The summed E-state index contributed by atoms with van der Waals surface area (Å²) in [6, 6.07) is 4.47. The molecular weight excluding hydrogens is 429 g/mol. The first-order chi connectivity index (χ1) is 14.8. The molecule has 0 bridgehead atoms. The number of nitrogens with two attached hydrogens (primary N) is 1. The van der Waals surface area contributed by atoms with Crippen molar-refractivity contribution in [1.82, 2.24) is 14.5 Å². The maximum atomic E-state index is 12.9. The lowest BCUT2D eigenvalue weighted by Crippen LogP contribution is -2.57. The summed E-state index contributed by atoms with van der Waals surface area (Å²) in [6.07, 6.45) is -4.40. The molecule has 0 spiro atoms. The largest absolute Gasteiger partial charge is 0.416 e. The highest BCUT2D eigenvalue weighted by Gasteiger charge is 2.38. The van der Waals surface area contributed by atoms with Gasteiger partial charge in [0.25, 0.3) is 0 Å². The fraction of sp³-hybridized carbons (Fsp3) is 0.500. The average molecular weight is 454 g/mol. The molecule has 1 unspecified atom stereocenters. The van der Waals surface area contributed by atoms with Gasteiger partial charge in [-0.1, -0.05) is 12.1 Å². The maximum Gasteiger partial charge on any atom is 0.416 e. The van der Waals surface area contributed by atoms with Crippen LogP contribution in [0.2, 0.25) is 0 Å². The van der Waals surface area contributed by atoms with Crippen molar-refractivity contribution in [3.63, 3.8) is 0 Å². The molecule has 1 aliphatic rings. The van der Waals surface area contributed by atoms with E-state index in [0.717, 1.165) is 22.3 Å². The van der Waals surface area contributed by atoms with Crippen molar-refractivity contribution in [3.8, 4) is 0 Å². The third-order valence-corrected chi connectivity index (χ3v) is 6.01. The van der Waals surface area contributed by atoms with Gasteiger partial charge in [0.1, 0.15) is 0 Å². The molecule has 1 saturated heterocycles. The van der Waals surface area contributed by atoms with Gasteiger partial charge < -0.3 is 10.6 Å². The monoisotopic (exact) mass is 454 g/mol. The first-order valence-electron chi connectivity index (χ1n) is 10.0. The molecule has 1 aromatic heterocycles. The van der Waals surface area contributed by atoms with Crippen LogP contribution < -0.4 is 16.3 Å². The normalized spacial score (nSPS) is 20.9. The van der Waals surface area contributed by atoms with Crippen molar-refractivity contribution in [2.45, 2.75) is 45.1 Å². The number of hydrogen-bond acceptors (Lipinski definition) is 7. The van der Waals surface area contributed by atoms with Gasteiger partial charge >= 0.3 is 17.6 Å². The Bertz CT molecular complexity index is 1070. The van der Waals surface area contributed by atoms with Crippen molar-refractivity contribution in [2.24, 2.45) is 7.05 Å². The quantitative estimate of drug-likeness (QED) is 0.559. The van der Waals surface area contributed by atoms with Crippen LogP contribution in [0.15, 0.2) is 29.1 Å². The van der Waals surface area contributed by atoms with Gasteiger partial charge in [0.2, 0.25) is 5.82 Å². The fourth-order valence-electron chi connectivity index (χ4n) is 4.10. The molecule has 1 aromatic carbocycles. The van der Waals surface area contributed by atoms with Gasteiger partial charge in [-0.05, 0) is 38.5 Å². The molecule has 2 N–H and O–H groups in total. The Kier molecular flexibility index (Phi) is 6.18. The molecule has 174 valence electrons. The number of nitrogens with zero attached hydrogens (tertiary/aromatic N) is 5. The van der Waals surface area contributed by atoms with Gasteiger partial charge in [0.15, 0.2) is 5.82 Å². The molecule has 3 atom stereocenters. The first kappa shape index (κ1) is 23.5. The second-order valence-electron chi connectivity index (χ2n) is 8.11. The van der Waals surface area contributed by atoms with Crippen LogP contribution in [0.5, 0.6) is 0 Å². The molecule has 9 nitrogen and oxygen atoms in total. The van der Waals surface area contributed by atoms with E-state index in [9.17, 15) is 28.1 Å². The van der Waals surface area contributed by atoms with E-state index in [1.807, 2.05) is 20.8 Å². The minimum Gasteiger partial charge on any atom is -0.379 e. The van der Waals surface area contributed by atoms with Gasteiger partial charge in [-0.3, -0.25) is 19.6 Å². The van der Waals surface area contributed by atoms with Crippen LogP contribution in [0.1, 0.15) is 37.9 Å². The minimum absolute atomic E-state index is 0.0724. The van der Waals surface area contributed by atoms with E-state index in [1.54, 1.807) is 4.90 Å². The summed E-state index contributed by atoms with van der Waals surface area (Å²) in [5.74, 6) is -0.345. The molecule has 12 heteroatoms. The summed E-state index contributed by atoms with van der Waals surface area (Å²) < 4.78 is 39.5. The first-order valence-corrected chi connectivity index (χ1v) is 10.0. The number of rotatable bonds is 4. The van der Waals surface area contributed by atoms with Crippen LogP contribution in [-0.2, 0) is 13.2 Å². The molecular formula is C20H25F3N6O3. The Balaban J connectivity index is 1.88. The number of halogens is 3. The van der Waals surface area contributed by atoms with Crippen LogP contribution in [-0.4, -0.2) is 44.5 Å². The highest BCUT2D eigenvalue weighted by Crippen LogP contribution is 2.36. The fourth-order valence-corrected chi connectivity index (χ4v) is 4.10. The van der Waals surface area contributed by atoms with Gasteiger partial charge in [-0.2, -0.15) is 18.2 Å². The number of piperazine rings is 1. The summed E-state index contributed by atoms with van der Waals surface area (Å²) in [6.45, 7) is 6.44. The van der Waals surface area contributed by atoms with E-state index in [4.69, 9.17) is 5.73 Å². The molecule has 0 aliphatic carbocycles. The number of benzene rings is 1. The Morgan fingerprint density at radius 3 is 2.31 bits per heavy atom. The highest BCUT2D eigenvalue weighted by atomic mass is 19.4. The third-order valence-electron chi connectivity index (χ3n) is 6.01. The van der Waals surface area contributed by atoms with E-state index in [1.165, 1.54) is 19.2 Å². The smallest absolute Gasteiger partial charge is 0.379 e. The van der Waals surface area contributed by atoms with Crippen LogP contribution in [0.4, 0.5) is 30.5 Å².